The molecule has 0 atom stereocenters. The molecule has 2 nitrogen and oxygen atoms in total. The molecule has 0 spiro atoms. The van der Waals surface area contributed by atoms with Gasteiger partial charge in [0.2, 0.25) is 0 Å². The molecule has 0 unspecified atom stereocenters. The fourth-order valence-electron chi connectivity index (χ4n) is 0.963. The van der Waals surface area contributed by atoms with Gasteiger partial charge in [0, 0.05) is 19.0 Å². The van der Waals surface area contributed by atoms with Gasteiger partial charge in [-0.15, -0.1) is 0 Å². The maximum atomic E-state index is 11.2. The van der Waals surface area contributed by atoms with Crippen molar-refractivity contribution < 1.29 is 9.53 Å². The largest absolute Gasteiger partial charge is 0.457 e. The van der Waals surface area contributed by atoms with Crippen molar-refractivity contribution in [1.82, 2.24) is 0 Å². The second kappa shape index (κ2) is 5.98. The van der Waals surface area contributed by atoms with Crippen LogP contribution in [-0.4, -0.2) is 5.97 Å². The van der Waals surface area contributed by atoms with Crippen molar-refractivity contribution in [1.29, 1.82) is 0 Å². The zero-order valence-electron chi connectivity index (χ0n) is 8.52. The van der Waals surface area contributed by atoms with E-state index < -0.39 is 0 Å². The van der Waals surface area contributed by atoms with E-state index in [1.54, 1.807) is 6.92 Å². The first kappa shape index (κ1) is 13.9. The van der Waals surface area contributed by atoms with Crippen molar-refractivity contribution >= 4 is 53.8 Å². The molecule has 16 heavy (non-hydrogen) atoms. The summed E-state index contributed by atoms with van der Waals surface area (Å²) in [5.41, 5.74) is 1.30. The molecule has 0 amide bonds. The maximum Gasteiger partial charge on any atom is 0.333 e. The van der Waals surface area contributed by atoms with Crippen molar-refractivity contribution in [3.63, 3.8) is 0 Å². The fraction of sp³-hybridized carbons (Fsp3) is 0.182. The van der Waals surface area contributed by atoms with E-state index in [1.807, 2.05) is 12.1 Å². The lowest BCUT2D eigenvalue weighted by atomic mass is 10.2. The van der Waals surface area contributed by atoms with Gasteiger partial charge in [0.05, 0.1) is 0 Å². The Kier molecular flexibility index (Phi) is 5.21. The lowest BCUT2D eigenvalue weighted by Crippen LogP contribution is -2.04. The normalized spacial score (nSPS) is 10.0. The number of esters is 1. The SMILES string of the molecule is C=C(C)C(=O)OCc1cc(Br)c(Br)c(Br)c1. The Morgan fingerprint density at radius 1 is 1.31 bits per heavy atom. The van der Waals surface area contributed by atoms with E-state index in [0.29, 0.717) is 5.57 Å². The molecule has 1 aromatic carbocycles. The first-order chi connectivity index (χ1) is 7.41. The van der Waals surface area contributed by atoms with E-state index in [9.17, 15) is 4.79 Å². The Balaban J connectivity index is 2.76. The van der Waals surface area contributed by atoms with Crippen LogP contribution in [-0.2, 0) is 16.1 Å². The Morgan fingerprint density at radius 3 is 2.25 bits per heavy atom. The van der Waals surface area contributed by atoms with E-state index >= 15 is 0 Å². The topological polar surface area (TPSA) is 26.3 Å². The van der Waals surface area contributed by atoms with Crippen molar-refractivity contribution in [3.05, 3.63) is 43.3 Å². The molecule has 0 heterocycles. The van der Waals surface area contributed by atoms with Crippen LogP contribution in [0, 0.1) is 0 Å². The molecular weight excluding hydrogens is 404 g/mol. The summed E-state index contributed by atoms with van der Waals surface area (Å²) in [6.45, 7) is 5.37. The van der Waals surface area contributed by atoms with Crippen LogP contribution in [0.25, 0.3) is 0 Å². The van der Waals surface area contributed by atoms with Crippen molar-refractivity contribution in [2.75, 3.05) is 0 Å². The van der Waals surface area contributed by atoms with Gasteiger partial charge in [-0.05, 0) is 72.4 Å². The predicted molar refractivity (Wildman–Crippen MR) is 74.2 cm³/mol. The van der Waals surface area contributed by atoms with Gasteiger partial charge in [-0.1, -0.05) is 6.58 Å². The zero-order chi connectivity index (χ0) is 12.3. The third-order valence-corrected chi connectivity index (χ3v) is 4.93. The molecule has 0 bridgehead atoms. The molecule has 1 aromatic rings. The molecule has 0 saturated carbocycles. The second-order valence-electron chi connectivity index (χ2n) is 3.23. The van der Waals surface area contributed by atoms with Gasteiger partial charge in [-0.2, -0.15) is 0 Å². The first-order valence-corrected chi connectivity index (χ1v) is 6.75. The second-order valence-corrected chi connectivity index (χ2v) is 5.73. The summed E-state index contributed by atoms with van der Waals surface area (Å²) >= 11 is 10.2. The molecule has 5 heteroatoms. The molecule has 0 N–H and O–H groups in total. The highest BCUT2D eigenvalue weighted by molar-refractivity contribution is 9.14. The summed E-state index contributed by atoms with van der Waals surface area (Å²) in [6.07, 6.45) is 0. The number of hydrogen-bond acceptors (Lipinski definition) is 2. The van der Waals surface area contributed by atoms with Crippen LogP contribution in [0.1, 0.15) is 12.5 Å². The summed E-state index contributed by atoms with van der Waals surface area (Å²) in [5, 5.41) is 0. The standard InChI is InChI=1S/C11H9Br3O2/c1-6(2)11(15)16-5-7-3-8(12)10(14)9(13)4-7/h3-4H,1,5H2,2H3. The molecule has 1 rings (SSSR count). The van der Waals surface area contributed by atoms with Crippen LogP contribution in [0.3, 0.4) is 0 Å². The number of benzene rings is 1. The van der Waals surface area contributed by atoms with Crippen LogP contribution in [0.4, 0.5) is 0 Å². The van der Waals surface area contributed by atoms with E-state index in [0.717, 1.165) is 19.0 Å². The number of ether oxygens (including phenoxy) is 1. The number of halogens is 3. The van der Waals surface area contributed by atoms with Crippen LogP contribution in [0.15, 0.2) is 37.7 Å². The average molecular weight is 413 g/mol. The minimum Gasteiger partial charge on any atom is -0.457 e. The molecule has 0 aliphatic heterocycles. The lowest BCUT2D eigenvalue weighted by Gasteiger charge is -2.07. The molecule has 0 radical (unpaired) electrons. The van der Waals surface area contributed by atoms with Crippen LogP contribution >= 0.6 is 47.8 Å². The Bertz CT molecular complexity index is 418. The van der Waals surface area contributed by atoms with Gasteiger partial charge in [-0.25, -0.2) is 4.79 Å². The van der Waals surface area contributed by atoms with E-state index in [4.69, 9.17) is 4.74 Å². The zero-order valence-corrected chi connectivity index (χ0v) is 13.3. The first-order valence-electron chi connectivity index (χ1n) is 4.38. The summed E-state index contributed by atoms with van der Waals surface area (Å²) in [4.78, 5) is 11.2. The summed E-state index contributed by atoms with van der Waals surface area (Å²) in [6, 6.07) is 3.78. The highest BCUT2D eigenvalue weighted by Crippen LogP contribution is 2.32. The van der Waals surface area contributed by atoms with E-state index in [2.05, 4.69) is 54.4 Å². The average Bonchev–Trinajstić information content (AvgIpc) is 2.22. The maximum absolute atomic E-state index is 11.2. The van der Waals surface area contributed by atoms with Crippen LogP contribution in [0.2, 0.25) is 0 Å². The quantitative estimate of drug-likeness (QED) is 0.412. The predicted octanol–water partition coefficient (Wildman–Crippen LogP) is 4.59. The molecule has 86 valence electrons. The monoisotopic (exact) mass is 410 g/mol. The minimum absolute atomic E-state index is 0.232. The van der Waals surface area contributed by atoms with Gasteiger partial charge in [-0.3, -0.25) is 0 Å². The molecule has 0 aromatic heterocycles. The number of hydrogen-bond donors (Lipinski definition) is 0. The summed E-state index contributed by atoms with van der Waals surface area (Å²) in [7, 11) is 0. The van der Waals surface area contributed by atoms with Crippen molar-refractivity contribution in [2.24, 2.45) is 0 Å². The van der Waals surface area contributed by atoms with Gasteiger partial charge >= 0.3 is 5.97 Å². The number of carbonyl (C=O) groups excluding carboxylic acids is 1. The van der Waals surface area contributed by atoms with Gasteiger partial charge in [0.15, 0.2) is 0 Å². The van der Waals surface area contributed by atoms with Gasteiger partial charge < -0.3 is 4.74 Å². The van der Waals surface area contributed by atoms with Crippen molar-refractivity contribution in [3.8, 4) is 0 Å². The molecule has 0 fully saturated rings. The van der Waals surface area contributed by atoms with Crippen LogP contribution < -0.4 is 0 Å². The third-order valence-electron chi connectivity index (χ3n) is 1.76. The van der Waals surface area contributed by atoms with Gasteiger partial charge in [0.25, 0.3) is 0 Å². The van der Waals surface area contributed by atoms with Crippen LogP contribution in [0.5, 0.6) is 0 Å². The van der Waals surface area contributed by atoms with E-state index in [1.165, 1.54) is 0 Å². The highest BCUT2D eigenvalue weighted by atomic mass is 79.9. The highest BCUT2D eigenvalue weighted by Gasteiger charge is 2.07. The molecule has 0 aliphatic carbocycles. The number of rotatable bonds is 3. The fourth-order valence-corrected chi connectivity index (χ4v) is 2.47. The third kappa shape index (κ3) is 3.71. The minimum atomic E-state index is -0.379. The Labute approximate surface area is 119 Å². The smallest absolute Gasteiger partial charge is 0.333 e. The Morgan fingerprint density at radius 2 is 1.81 bits per heavy atom. The summed E-state index contributed by atoms with van der Waals surface area (Å²) in [5.74, 6) is -0.379. The summed E-state index contributed by atoms with van der Waals surface area (Å²) < 4.78 is 7.79. The van der Waals surface area contributed by atoms with Gasteiger partial charge in [0.1, 0.15) is 6.61 Å². The lowest BCUT2D eigenvalue weighted by molar-refractivity contribution is -0.140. The van der Waals surface area contributed by atoms with E-state index in [-0.39, 0.29) is 12.6 Å². The molecular formula is C11H9Br3O2. The Hall–Kier alpha value is -0.130. The molecule has 0 aliphatic rings. The van der Waals surface area contributed by atoms with Crippen molar-refractivity contribution in [2.45, 2.75) is 13.5 Å². The molecule has 0 saturated heterocycles. The number of carbonyl (C=O) groups is 1.